The molecule has 0 aromatic carbocycles. The molecule has 0 saturated carbocycles. The third-order valence-corrected chi connectivity index (χ3v) is 13.6. The molecule has 376 valence electrons. The van der Waals surface area contributed by atoms with Crippen LogP contribution in [0, 0.1) is 11.8 Å². The summed E-state index contributed by atoms with van der Waals surface area (Å²) in [6.45, 7) is 16.1. The van der Waals surface area contributed by atoms with Gasteiger partial charge in [-0.3, -0.25) is 19.4 Å². The Labute approximate surface area is 391 Å². The van der Waals surface area contributed by atoms with Gasteiger partial charge in [-0.1, -0.05) is 195 Å². The van der Waals surface area contributed by atoms with Crippen molar-refractivity contribution < 1.29 is 30.0 Å². The first kappa shape index (κ1) is 62.1. The molecule has 0 rings (SSSR count). The highest BCUT2D eigenvalue weighted by Crippen LogP contribution is 2.23. The van der Waals surface area contributed by atoms with E-state index in [1.807, 2.05) is 0 Å². The highest BCUT2D eigenvalue weighted by atomic mass is 16.3. The Morgan fingerprint density at radius 1 is 0.397 bits per heavy atom. The average Bonchev–Trinajstić information content (AvgIpc) is 3.24. The molecule has 0 radical (unpaired) electrons. The molecule has 6 atom stereocenters. The third kappa shape index (κ3) is 39.9. The molecule has 0 aliphatic rings. The Morgan fingerprint density at radius 3 is 1.02 bits per heavy atom. The van der Waals surface area contributed by atoms with E-state index in [1.54, 1.807) is 13.8 Å². The molecule has 63 heavy (non-hydrogen) atoms. The number of rotatable bonds is 50. The van der Waals surface area contributed by atoms with E-state index in [4.69, 9.17) is 0 Å². The number of unbranched alkanes of at least 4 members (excludes halogenated alkanes) is 23. The van der Waals surface area contributed by atoms with Crippen LogP contribution in [0.4, 0.5) is 0 Å². The second kappa shape index (κ2) is 44.9. The van der Waals surface area contributed by atoms with Gasteiger partial charge in [0.1, 0.15) is 11.6 Å². The van der Waals surface area contributed by atoms with Gasteiger partial charge in [0.2, 0.25) is 0 Å². The second-order valence-corrected chi connectivity index (χ2v) is 20.2. The lowest BCUT2D eigenvalue weighted by Gasteiger charge is -2.28. The van der Waals surface area contributed by atoms with E-state index in [1.165, 1.54) is 135 Å². The SMILES string of the molecule is CCCCCCCCCCC(O)CN(CCCC[C@@H](CC)C(=O)C[C@H](CCCCN(CC(O)CCCCCCCCCC)CC(O)CCCCCCCCCC)C(C)=O)CC(C)O. The summed E-state index contributed by atoms with van der Waals surface area (Å²) in [6.07, 6.45) is 36.9. The van der Waals surface area contributed by atoms with Crippen molar-refractivity contribution in [3.8, 4) is 0 Å². The van der Waals surface area contributed by atoms with Crippen LogP contribution < -0.4 is 0 Å². The summed E-state index contributed by atoms with van der Waals surface area (Å²) in [6, 6.07) is 0. The van der Waals surface area contributed by atoms with E-state index in [2.05, 4.69) is 37.5 Å². The molecule has 0 aromatic heterocycles. The van der Waals surface area contributed by atoms with Crippen LogP contribution in [0.3, 0.4) is 0 Å². The Balaban J connectivity index is 4.94. The average molecular weight is 895 g/mol. The summed E-state index contributed by atoms with van der Waals surface area (Å²) in [5.41, 5.74) is 0. The summed E-state index contributed by atoms with van der Waals surface area (Å²) in [5.74, 6) is -0.0144. The summed E-state index contributed by atoms with van der Waals surface area (Å²) in [5, 5.41) is 43.0. The normalized spacial score (nSPS) is 14.9. The van der Waals surface area contributed by atoms with Crippen LogP contribution in [0.25, 0.3) is 0 Å². The van der Waals surface area contributed by atoms with Gasteiger partial charge in [0.15, 0.2) is 0 Å². The minimum absolute atomic E-state index is 0.0507. The van der Waals surface area contributed by atoms with E-state index in [0.29, 0.717) is 39.0 Å². The molecule has 0 fully saturated rings. The predicted octanol–water partition coefficient (Wildman–Crippen LogP) is 13.2. The smallest absolute Gasteiger partial charge is 0.136 e. The van der Waals surface area contributed by atoms with Crippen LogP contribution >= 0.6 is 0 Å². The van der Waals surface area contributed by atoms with Crippen LogP contribution in [-0.4, -0.2) is 105 Å². The minimum atomic E-state index is -0.454. The number of ketones is 2. The number of Topliss-reactive ketones (excluding diaryl/α,β-unsaturated/α-hetero) is 2. The standard InChI is InChI=1S/C55H110N2O6/c1-7-11-14-17-20-23-26-29-38-52(60)45-56(44-48(5)58)41-34-32-36-50(10-4)55(63)43-51(49(6)59)37-33-35-42-57(46-53(61)39-30-27-24-21-18-15-12-8-2)47-54(62)40-31-28-25-22-19-16-13-9-3/h48,50-54,58,60-62H,7-47H2,1-6H3/t48?,50-,51+,52?,53?,54?/m1/s1. The molecule has 0 heterocycles. The number of hydrogen-bond acceptors (Lipinski definition) is 8. The van der Waals surface area contributed by atoms with Gasteiger partial charge in [-0.05, 0) is 78.3 Å². The highest BCUT2D eigenvalue weighted by Gasteiger charge is 2.24. The first-order valence-electron chi connectivity index (χ1n) is 27.7. The van der Waals surface area contributed by atoms with E-state index >= 15 is 0 Å². The molecular formula is C55H110N2O6. The third-order valence-electron chi connectivity index (χ3n) is 13.6. The van der Waals surface area contributed by atoms with Crippen molar-refractivity contribution in [2.24, 2.45) is 11.8 Å². The van der Waals surface area contributed by atoms with Crippen LogP contribution in [0.1, 0.15) is 266 Å². The van der Waals surface area contributed by atoms with Crippen LogP contribution in [0.15, 0.2) is 0 Å². The zero-order valence-corrected chi connectivity index (χ0v) is 43.0. The van der Waals surface area contributed by atoms with Gasteiger partial charge in [-0.25, -0.2) is 0 Å². The Hall–Kier alpha value is -0.900. The first-order valence-corrected chi connectivity index (χ1v) is 27.7. The number of carbonyl (C=O) groups is 2. The number of aliphatic hydroxyl groups is 4. The van der Waals surface area contributed by atoms with Gasteiger partial charge < -0.3 is 20.4 Å². The molecule has 0 saturated heterocycles. The lowest BCUT2D eigenvalue weighted by atomic mass is 9.85. The fourth-order valence-corrected chi connectivity index (χ4v) is 9.50. The second-order valence-electron chi connectivity index (χ2n) is 20.2. The highest BCUT2D eigenvalue weighted by molar-refractivity contribution is 5.87. The number of nitrogens with zero attached hydrogens (tertiary/aromatic N) is 2. The van der Waals surface area contributed by atoms with E-state index in [9.17, 15) is 30.0 Å². The Bertz CT molecular complexity index is 968. The minimum Gasteiger partial charge on any atom is -0.392 e. The summed E-state index contributed by atoms with van der Waals surface area (Å²) in [7, 11) is 0. The number of aliphatic hydroxyl groups excluding tert-OH is 4. The molecule has 4 unspecified atom stereocenters. The fourth-order valence-electron chi connectivity index (χ4n) is 9.50. The molecule has 0 bridgehead atoms. The van der Waals surface area contributed by atoms with Gasteiger partial charge >= 0.3 is 0 Å². The van der Waals surface area contributed by atoms with Gasteiger partial charge in [-0.15, -0.1) is 0 Å². The van der Waals surface area contributed by atoms with E-state index in [-0.39, 0.29) is 29.5 Å². The van der Waals surface area contributed by atoms with Crippen molar-refractivity contribution in [2.75, 3.05) is 39.3 Å². The maximum Gasteiger partial charge on any atom is 0.136 e. The molecule has 0 amide bonds. The molecule has 4 N–H and O–H groups in total. The molecule has 8 heteroatoms. The lowest BCUT2D eigenvalue weighted by molar-refractivity contribution is -0.129. The topological polar surface area (TPSA) is 122 Å². The molecule has 8 nitrogen and oxygen atoms in total. The summed E-state index contributed by atoms with van der Waals surface area (Å²) < 4.78 is 0. The Kier molecular flexibility index (Phi) is 44.3. The van der Waals surface area contributed by atoms with Crippen molar-refractivity contribution in [1.82, 2.24) is 9.80 Å². The molecule has 0 aromatic rings. The fraction of sp³-hybridized carbons (Fsp3) is 0.964. The largest absolute Gasteiger partial charge is 0.392 e. The maximum absolute atomic E-state index is 13.6. The summed E-state index contributed by atoms with van der Waals surface area (Å²) in [4.78, 5) is 30.8. The molecular weight excluding hydrogens is 785 g/mol. The quantitative estimate of drug-likeness (QED) is 0.0446. The van der Waals surface area contributed by atoms with Crippen molar-refractivity contribution in [3.63, 3.8) is 0 Å². The lowest BCUT2D eigenvalue weighted by Crippen LogP contribution is -2.38. The van der Waals surface area contributed by atoms with Crippen LogP contribution in [0.2, 0.25) is 0 Å². The van der Waals surface area contributed by atoms with Crippen molar-refractivity contribution in [2.45, 2.75) is 291 Å². The first-order chi connectivity index (χ1) is 30.5. The Morgan fingerprint density at radius 2 is 0.698 bits per heavy atom. The predicted molar refractivity (Wildman–Crippen MR) is 270 cm³/mol. The van der Waals surface area contributed by atoms with Gasteiger partial charge in [0.05, 0.1) is 24.4 Å². The maximum atomic E-state index is 13.6. The van der Waals surface area contributed by atoms with E-state index in [0.717, 1.165) is 90.1 Å². The molecule has 0 aliphatic heterocycles. The molecule has 0 spiro atoms. The van der Waals surface area contributed by atoms with Crippen molar-refractivity contribution in [1.29, 1.82) is 0 Å². The monoisotopic (exact) mass is 895 g/mol. The zero-order chi connectivity index (χ0) is 46.8. The van der Waals surface area contributed by atoms with Gasteiger partial charge in [-0.2, -0.15) is 0 Å². The van der Waals surface area contributed by atoms with Crippen molar-refractivity contribution >= 4 is 11.6 Å². The van der Waals surface area contributed by atoms with Crippen molar-refractivity contribution in [3.05, 3.63) is 0 Å². The zero-order valence-electron chi connectivity index (χ0n) is 43.0. The van der Waals surface area contributed by atoms with Crippen LogP contribution in [-0.2, 0) is 9.59 Å². The number of carbonyl (C=O) groups excluding carboxylic acids is 2. The van der Waals surface area contributed by atoms with Crippen LogP contribution in [0.5, 0.6) is 0 Å². The number of hydrogen-bond donors (Lipinski definition) is 4. The van der Waals surface area contributed by atoms with Gasteiger partial charge in [0, 0.05) is 44.4 Å². The van der Waals surface area contributed by atoms with Gasteiger partial charge in [0.25, 0.3) is 0 Å². The molecule has 0 aliphatic carbocycles. The van der Waals surface area contributed by atoms with E-state index < -0.39 is 18.3 Å². The summed E-state index contributed by atoms with van der Waals surface area (Å²) >= 11 is 0.